The summed E-state index contributed by atoms with van der Waals surface area (Å²) in [6, 6.07) is 7.08. The molecule has 0 aliphatic heterocycles. The molecule has 6 heteroatoms. The number of nitrogens with zero attached hydrogens (tertiary/aromatic N) is 1. The zero-order valence-electron chi connectivity index (χ0n) is 14.4. The number of aromatic nitrogens is 1. The number of carbonyl (C=O) groups excluding carboxylic acids is 1. The molecule has 0 spiro atoms. The van der Waals surface area contributed by atoms with Crippen LogP contribution in [0.25, 0.3) is 5.57 Å². The number of aliphatic hydroxyl groups excluding tert-OH is 1. The van der Waals surface area contributed by atoms with Crippen molar-refractivity contribution in [3.63, 3.8) is 0 Å². The Morgan fingerprint density at radius 3 is 2.77 bits per heavy atom. The molecule has 3 N–H and O–H groups in total. The van der Waals surface area contributed by atoms with E-state index in [1.165, 1.54) is 35.3 Å². The smallest absolute Gasteiger partial charge is 0.320 e. The van der Waals surface area contributed by atoms with E-state index in [-0.39, 0.29) is 6.61 Å². The van der Waals surface area contributed by atoms with Crippen LogP contribution in [0, 0.1) is 12.3 Å². The highest BCUT2D eigenvalue weighted by Crippen LogP contribution is 2.27. The van der Waals surface area contributed by atoms with E-state index in [2.05, 4.69) is 27.6 Å². The van der Waals surface area contributed by atoms with Crippen LogP contribution in [0.1, 0.15) is 47.9 Å². The fourth-order valence-electron chi connectivity index (χ4n) is 2.97. The first-order valence-electron chi connectivity index (χ1n) is 8.59. The largest absolute Gasteiger partial charge is 0.394 e. The molecular formula is C20H21N3O2S. The number of hydrogen-bond acceptors (Lipinski definition) is 4. The molecule has 26 heavy (non-hydrogen) atoms. The molecule has 0 unspecified atom stereocenters. The number of terminal acetylenes is 1. The first-order valence-corrected chi connectivity index (χ1v) is 9.47. The first-order chi connectivity index (χ1) is 12.7. The van der Waals surface area contributed by atoms with Crippen molar-refractivity contribution >= 4 is 28.8 Å². The van der Waals surface area contributed by atoms with Crippen molar-refractivity contribution in [1.29, 1.82) is 0 Å². The van der Waals surface area contributed by atoms with Gasteiger partial charge in [0.25, 0.3) is 0 Å². The number of anilines is 1. The molecule has 2 amide bonds. The minimum atomic E-state index is -0.491. The summed E-state index contributed by atoms with van der Waals surface area (Å²) in [5, 5.41) is 17.2. The summed E-state index contributed by atoms with van der Waals surface area (Å²) < 4.78 is 0. The average molecular weight is 367 g/mol. The number of aliphatic hydroxyl groups is 1. The van der Waals surface area contributed by atoms with Crippen molar-refractivity contribution in [3.8, 4) is 12.3 Å². The summed E-state index contributed by atoms with van der Waals surface area (Å²) in [6.45, 7) is -0.192. The molecule has 1 aromatic carbocycles. The zero-order valence-corrected chi connectivity index (χ0v) is 15.2. The van der Waals surface area contributed by atoms with Gasteiger partial charge in [-0.3, -0.25) is 5.32 Å². The summed E-state index contributed by atoms with van der Waals surface area (Å²) in [7, 11) is 0. The van der Waals surface area contributed by atoms with Gasteiger partial charge in [-0.15, -0.1) is 17.8 Å². The maximum Gasteiger partial charge on any atom is 0.320 e. The highest BCUT2D eigenvalue weighted by Gasteiger charge is 2.15. The van der Waals surface area contributed by atoms with E-state index in [0.29, 0.717) is 10.8 Å². The Labute approximate surface area is 157 Å². The van der Waals surface area contributed by atoms with Crippen molar-refractivity contribution in [3.05, 3.63) is 51.9 Å². The predicted molar refractivity (Wildman–Crippen MR) is 105 cm³/mol. The number of hydrogen-bond donors (Lipinski definition) is 3. The highest BCUT2D eigenvalue weighted by atomic mass is 32.1. The van der Waals surface area contributed by atoms with E-state index in [9.17, 15) is 9.90 Å². The number of urea groups is 1. The quantitative estimate of drug-likeness (QED) is 0.701. The van der Waals surface area contributed by atoms with Gasteiger partial charge in [0.2, 0.25) is 0 Å². The minimum Gasteiger partial charge on any atom is -0.394 e. The van der Waals surface area contributed by atoms with E-state index in [4.69, 9.17) is 6.42 Å². The Balaban J connectivity index is 1.63. The molecule has 1 atom stereocenters. The molecule has 5 nitrogen and oxygen atoms in total. The first kappa shape index (κ1) is 18.2. The monoisotopic (exact) mass is 367 g/mol. The summed E-state index contributed by atoms with van der Waals surface area (Å²) in [6.07, 6.45) is 12.3. The molecule has 1 heterocycles. The number of allylic oxidation sites excluding steroid dienone is 2. The lowest BCUT2D eigenvalue weighted by atomic mass is 9.92. The van der Waals surface area contributed by atoms with Gasteiger partial charge in [-0.05, 0) is 48.3 Å². The van der Waals surface area contributed by atoms with Gasteiger partial charge in [0.1, 0.15) is 5.82 Å². The topological polar surface area (TPSA) is 74.2 Å². The Morgan fingerprint density at radius 1 is 1.35 bits per heavy atom. The normalized spacial score (nSPS) is 14.8. The van der Waals surface area contributed by atoms with Gasteiger partial charge < -0.3 is 10.4 Å². The molecule has 0 fully saturated rings. The molecule has 2 aromatic rings. The van der Waals surface area contributed by atoms with Crippen LogP contribution in [-0.4, -0.2) is 22.7 Å². The van der Waals surface area contributed by atoms with E-state index in [1.807, 2.05) is 24.3 Å². The third kappa shape index (κ3) is 4.51. The van der Waals surface area contributed by atoms with E-state index >= 15 is 0 Å². The number of rotatable bonds is 5. The van der Waals surface area contributed by atoms with Crippen LogP contribution in [0.3, 0.4) is 0 Å². The molecule has 0 saturated carbocycles. The number of thiazole rings is 1. The summed E-state index contributed by atoms with van der Waals surface area (Å²) in [5.41, 5.74) is 3.44. The van der Waals surface area contributed by atoms with Crippen LogP contribution in [0.2, 0.25) is 0 Å². The van der Waals surface area contributed by atoms with E-state index in [1.54, 1.807) is 5.38 Å². The SMILES string of the molecule is C#Cc1nc(NC(=O)N[C@@H](CO)c2ccc(C3=CCCCC3)cc2)cs1. The molecule has 1 aliphatic carbocycles. The van der Waals surface area contributed by atoms with Crippen LogP contribution in [0.4, 0.5) is 10.6 Å². The van der Waals surface area contributed by atoms with Crippen LogP contribution in [0.15, 0.2) is 35.7 Å². The van der Waals surface area contributed by atoms with Gasteiger partial charge in [0.05, 0.1) is 12.6 Å². The average Bonchev–Trinajstić information content (AvgIpc) is 3.14. The highest BCUT2D eigenvalue weighted by molar-refractivity contribution is 7.10. The summed E-state index contributed by atoms with van der Waals surface area (Å²) >= 11 is 1.28. The number of carbonyl (C=O) groups is 1. The van der Waals surface area contributed by atoms with Gasteiger partial charge in [0, 0.05) is 5.38 Å². The maximum absolute atomic E-state index is 12.1. The number of nitrogens with one attached hydrogen (secondary N) is 2. The molecule has 0 bridgehead atoms. The van der Waals surface area contributed by atoms with Crippen LogP contribution < -0.4 is 10.6 Å². The van der Waals surface area contributed by atoms with Crippen molar-refractivity contribution in [2.45, 2.75) is 31.7 Å². The Bertz CT molecular complexity index is 833. The second-order valence-corrected chi connectivity index (χ2v) is 6.97. The lowest BCUT2D eigenvalue weighted by Gasteiger charge is -2.18. The maximum atomic E-state index is 12.1. The lowest BCUT2D eigenvalue weighted by molar-refractivity contribution is 0.225. The van der Waals surface area contributed by atoms with E-state index < -0.39 is 12.1 Å². The third-order valence-corrected chi connectivity index (χ3v) is 5.11. The molecule has 3 rings (SSSR count). The van der Waals surface area contributed by atoms with E-state index in [0.717, 1.165) is 18.4 Å². The molecule has 0 radical (unpaired) electrons. The van der Waals surface area contributed by atoms with Gasteiger partial charge in [0.15, 0.2) is 5.01 Å². The number of benzene rings is 1. The van der Waals surface area contributed by atoms with Crippen LogP contribution in [-0.2, 0) is 0 Å². The Morgan fingerprint density at radius 2 is 2.15 bits per heavy atom. The summed E-state index contributed by atoms with van der Waals surface area (Å²) in [5.74, 6) is 2.82. The molecule has 0 saturated heterocycles. The summed E-state index contributed by atoms with van der Waals surface area (Å²) in [4.78, 5) is 16.2. The Hall–Kier alpha value is -2.62. The number of amides is 2. The van der Waals surface area contributed by atoms with Gasteiger partial charge in [-0.25, -0.2) is 9.78 Å². The molecular weight excluding hydrogens is 346 g/mol. The molecule has 1 aliphatic rings. The predicted octanol–water partition coefficient (Wildman–Crippen LogP) is 3.94. The fourth-order valence-corrected chi connectivity index (χ4v) is 3.53. The zero-order chi connectivity index (χ0) is 18.4. The second kappa shape index (κ2) is 8.65. The fraction of sp³-hybridized carbons (Fsp3) is 0.300. The Kier molecular flexibility index (Phi) is 6.05. The third-order valence-electron chi connectivity index (χ3n) is 4.33. The van der Waals surface area contributed by atoms with Crippen molar-refractivity contribution < 1.29 is 9.90 Å². The van der Waals surface area contributed by atoms with Crippen molar-refractivity contribution in [2.75, 3.05) is 11.9 Å². The van der Waals surface area contributed by atoms with Crippen molar-refractivity contribution in [1.82, 2.24) is 10.3 Å². The van der Waals surface area contributed by atoms with Crippen LogP contribution >= 0.6 is 11.3 Å². The lowest BCUT2D eigenvalue weighted by Crippen LogP contribution is -2.34. The molecule has 1 aromatic heterocycles. The minimum absolute atomic E-state index is 0.192. The van der Waals surface area contributed by atoms with Crippen LogP contribution in [0.5, 0.6) is 0 Å². The van der Waals surface area contributed by atoms with Crippen molar-refractivity contribution in [2.24, 2.45) is 0 Å². The van der Waals surface area contributed by atoms with Gasteiger partial charge in [-0.1, -0.05) is 30.3 Å². The molecule has 134 valence electrons. The van der Waals surface area contributed by atoms with Gasteiger partial charge >= 0.3 is 6.03 Å². The standard InChI is InChI=1S/C20H21N3O2S/c1-2-19-22-18(13-26-19)23-20(25)21-17(12-24)16-10-8-15(9-11-16)14-6-4-3-5-7-14/h1,6,8-11,13,17,24H,3-5,7,12H2,(H2,21,23,25)/t17-/m0/s1. The van der Waals surface area contributed by atoms with Gasteiger partial charge in [-0.2, -0.15) is 0 Å². The second-order valence-electron chi connectivity index (χ2n) is 6.11.